The first-order valence-corrected chi connectivity index (χ1v) is 6.54. The molecule has 0 spiro atoms. The smallest absolute Gasteiger partial charge is 0.125 e. The SMILES string of the molecule is CC1CCN(c2cccc(F)c2)CC(CN)N1C. The van der Waals surface area contributed by atoms with Crippen molar-refractivity contribution in [1.29, 1.82) is 0 Å². The minimum atomic E-state index is -0.178. The Morgan fingerprint density at radius 3 is 2.89 bits per heavy atom. The summed E-state index contributed by atoms with van der Waals surface area (Å²) in [5, 5.41) is 0. The van der Waals surface area contributed by atoms with E-state index in [9.17, 15) is 4.39 Å². The minimum absolute atomic E-state index is 0.178. The number of hydrogen-bond acceptors (Lipinski definition) is 3. The van der Waals surface area contributed by atoms with Crippen molar-refractivity contribution in [2.24, 2.45) is 5.73 Å². The lowest BCUT2D eigenvalue weighted by atomic mass is 10.2. The van der Waals surface area contributed by atoms with Gasteiger partial charge in [-0.3, -0.25) is 4.90 Å². The Bertz CT molecular complexity index is 396. The summed E-state index contributed by atoms with van der Waals surface area (Å²) in [6.45, 7) is 4.66. The van der Waals surface area contributed by atoms with E-state index in [0.29, 0.717) is 18.6 Å². The van der Waals surface area contributed by atoms with E-state index < -0.39 is 0 Å². The first-order valence-electron chi connectivity index (χ1n) is 6.54. The molecule has 0 bridgehead atoms. The van der Waals surface area contributed by atoms with Gasteiger partial charge >= 0.3 is 0 Å². The minimum Gasteiger partial charge on any atom is -0.370 e. The molecular formula is C14H22FN3. The molecule has 2 atom stereocenters. The third kappa shape index (κ3) is 2.82. The highest BCUT2D eigenvalue weighted by Crippen LogP contribution is 2.21. The van der Waals surface area contributed by atoms with Crippen LogP contribution in [0.4, 0.5) is 10.1 Å². The van der Waals surface area contributed by atoms with Crippen LogP contribution >= 0.6 is 0 Å². The average molecular weight is 251 g/mol. The first kappa shape index (κ1) is 13.3. The van der Waals surface area contributed by atoms with E-state index in [1.54, 1.807) is 12.1 Å². The molecule has 0 saturated carbocycles. The van der Waals surface area contributed by atoms with Gasteiger partial charge in [0.25, 0.3) is 0 Å². The van der Waals surface area contributed by atoms with Gasteiger partial charge in [-0.15, -0.1) is 0 Å². The molecule has 100 valence electrons. The van der Waals surface area contributed by atoms with Crippen LogP contribution in [0.5, 0.6) is 0 Å². The molecule has 1 heterocycles. The van der Waals surface area contributed by atoms with Crippen molar-refractivity contribution >= 4 is 5.69 Å². The predicted molar refractivity (Wildman–Crippen MR) is 73.3 cm³/mol. The molecule has 0 amide bonds. The quantitative estimate of drug-likeness (QED) is 0.868. The second-order valence-corrected chi connectivity index (χ2v) is 5.12. The number of nitrogens with zero attached hydrogens (tertiary/aromatic N) is 2. The highest BCUT2D eigenvalue weighted by atomic mass is 19.1. The monoisotopic (exact) mass is 251 g/mol. The highest BCUT2D eigenvalue weighted by molar-refractivity contribution is 5.46. The van der Waals surface area contributed by atoms with E-state index in [0.717, 1.165) is 25.2 Å². The molecule has 2 rings (SSSR count). The Morgan fingerprint density at radius 2 is 2.22 bits per heavy atom. The number of likely N-dealkylation sites (N-methyl/N-ethyl adjacent to an activating group) is 1. The van der Waals surface area contributed by atoms with Crippen molar-refractivity contribution in [3.05, 3.63) is 30.1 Å². The van der Waals surface area contributed by atoms with Crippen LogP contribution in [0.1, 0.15) is 13.3 Å². The van der Waals surface area contributed by atoms with Gasteiger partial charge in [0.1, 0.15) is 5.82 Å². The molecule has 0 radical (unpaired) electrons. The fraction of sp³-hybridized carbons (Fsp3) is 0.571. The molecule has 2 N–H and O–H groups in total. The third-order valence-corrected chi connectivity index (χ3v) is 3.96. The highest BCUT2D eigenvalue weighted by Gasteiger charge is 2.25. The zero-order chi connectivity index (χ0) is 13.1. The Balaban J connectivity index is 2.19. The Labute approximate surface area is 108 Å². The molecule has 1 aliphatic rings. The second-order valence-electron chi connectivity index (χ2n) is 5.12. The largest absolute Gasteiger partial charge is 0.370 e. The molecule has 0 aromatic heterocycles. The van der Waals surface area contributed by atoms with Crippen LogP contribution in [-0.4, -0.2) is 43.7 Å². The summed E-state index contributed by atoms with van der Waals surface area (Å²) in [6, 6.07) is 7.65. The van der Waals surface area contributed by atoms with Crippen LogP contribution < -0.4 is 10.6 Å². The molecule has 4 heteroatoms. The second kappa shape index (κ2) is 5.67. The van der Waals surface area contributed by atoms with Gasteiger partial charge in [-0.2, -0.15) is 0 Å². The maximum absolute atomic E-state index is 13.3. The predicted octanol–water partition coefficient (Wildman–Crippen LogP) is 1.68. The van der Waals surface area contributed by atoms with Crippen molar-refractivity contribution < 1.29 is 4.39 Å². The van der Waals surface area contributed by atoms with E-state index in [2.05, 4.69) is 23.8 Å². The molecular weight excluding hydrogens is 229 g/mol. The summed E-state index contributed by atoms with van der Waals surface area (Å²) in [5.74, 6) is -0.178. The molecule has 1 aliphatic heterocycles. The summed E-state index contributed by atoms with van der Waals surface area (Å²) in [4.78, 5) is 4.57. The number of halogens is 1. The third-order valence-electron chi connectivity index (χ3n) is 3.96. The van der Waals surface area contributed by atoms with Crippen molar-refractivity contribution in [3.63, 3.8) is 0 Å². The summed E-state index contributed by atoms with van der Waals surface area (Å²) in [6.07, 6.45) is 1.07. The number of anilines is 1. The lowest BCUT2D eigenvalue weighted by Crippen LogP contribution is -2.46. The van der Waals surface area contributed by atoms with Gasteiger partial charge in [0, 0.05) is 37.4 Å². The molecule has 1 fully saturated rings. The van der Waals surface area contributed by atoms with E-state index >= 15 is 0 Å². The first-order chi connectivity index (χ1) is 8.61. The zero-order valence-electron chi connectivity index (χ0n) is 11.1. The normalized spacial score (nSPS) is 26.1. The van der Waals surface area contributed by atoms with Gasteiger partial charge in [0.15, 0.2) is 0 Å². The average Bonchev–Trinajstić information content (AvgIpc) is 2.51. The van der Waals surface area contributed by atoms with E-state index in [4.69, 9.17) is 5.73 Å². The van der Waals surface area contributed by atoms with Crippen LogP contribution in [-0.2, 0) is 0 Å². The molecule has 2 unspecified atom stereocenters. The fourth-order valence-electron chi connectivity index (χ4n) is 2.53. The molecule has 1 aromatic rings. The van der Waals surface area contributed by atoms with Crippen LogP contribution in [0.25, 0.3) is 0 Å². The summed E-state index contributed by atoms with van der Waals surface area (Å²) in [5.41, 5.74) is 6.81. The Kier molecular flexibility index (Phi) is 4.19. The Morgan fingerprint density at radius 1 is 1.44 bits per heavy atom. The zero-order valence-corrected chi connectivity index (χ0v) is 11.1. The fourth-order valence-corrected chi connectivity index (χ4v) is 2.53. The van der Waals surface area contributed by atoms with E-state index in [1.807, 2.05) is 6.07 Å². The van der Waals surface area contributed by atoms with Crippen molar-refractivity contribution in [2.75, 3.05) is 31.6 Å². The number of benzene rings is 1. The summed E-state index contributed by atoms with van der Waals surface area (Å²) < 4.78 is 13.3. The maximum Gasteiger partial charge on any atom is 0.125 e. The van der Waals surface area contributed by atoms with Crippen LogP contribution in [0.2, 0.25) is 0 Å². The molecule has 1 aromatic carbocycles. The lowest BCUT2D eigenvalue weighted by molar-refractivity contribution is 0.201. The van der Waals surface area contributed by atoms with Crippen molar-refractivity contribution in [1.82, 2.24) is 4.90 Å². The van der Waals surface area contributed by atoms with E-state index in [1.165, 1.54) is 6.07 Å². The van der Waals surface area contributed by atoms with Crippen molar-refractivity contribution in [2.45, 2.75) is 25.4 Å². The van der Waals surface area contributed by atoms with Crippen LogP contribution in [0, 0.1) is 5.82 Å². The van der Waals surface area contributed by atoms with Gasteiger partial charge in [0.05, 0.1) is 0 Å². The van der Waals surface area contributed by atoms with Gasteiger partial charge in [0.2, 0.25) is 0 Å². The number of rotatable bonds is 2. The van der Waals surface area contributed by atoms with Gasteiger partial charge in [-0.25, -0.2) is 4.39 Å². The molecule has 0 aliphatic carbocycles. The lowest BCUT2D eigenvalue weighted by Gasteiger charge is -2.31. The van der Waals surface area contributed by atoms with Gasteiger partial charge < -0.3 is 10.6 Å². The topological polar surface area (TPSA) is 32.5 Å². The van der Waals surface area contributed by atoms with Crippen molar-refractivity contribution in [3.8, 4) is 0 Å². The van der Waals surface area contributed by atoms with Gasteiger partial charge in [-0.05, 0) is 38.6 Å². The summed E-state index contributed by atoms with van der Waals surface area (Å²) >= 11 is 0. The molecule has 3 nitrogen and oxygen atoms in total. The van der Waals surface area contributed by atoms with Crippen LogP contribution in [0.3, 0.4) is 0 Å². The van der Waals surface area contributed by atoms with Gasteiger partial charge in [-0.1, -0.05) is 6.07 Å². The van der Waals surface area contributed by atoms with E-state index in [-0.39, 0.29) is 5.82 Å². The maximum atomic E-state index is 13.3. The number of nitrogens with two attached hydrogens (primary N) is 1. The summed E-state index contributed by atoms with van der Waals surface area (Å²) in [7, 11) is 2.12. The number of hydrogen-bond donors (Lipinski definition) is 1. The molecule has 1 saturated heterocycles. The Hall–Kier alpha value is -1.13. The standard InChI is InChI=1S/C14H22FN3/c1-11-6-7-18(10-14(9-16)17(11)2)13-5-3-4-12(15)8-13/h3-5,8,11,14H,6-7,9-10,16H2,1-2H3. The molecule has 18 heavy (non-hydrogen) atoms. The van der Waals surface area contributed by atoms with Crippen LogP contribution in [0.15, 0.2) is 24.3 Å².